The van der Waals surface area contributed by atoms with Gasteiger partial charge in [-0.3, -0.25) is 4.79 Å². The van der Waals surface area contributed by atoms with E-state index < -0.39 is 25.6 Å². The van der Waals surface area contributed by atoms with Crippen molar-refractivity contribution in [2.24, 2.45) is 0 Å². The Hall–Kier alpha value is -2.19. The Morgan fingerprint density at radius 2 is 1.50 bits per heavy atom. The number of hydrogen-bond donors (Lipinski definition) is 1. The van der Waals surface area contributed by atoms with E-state index in [2.05, 4.69) is 5.32 Å². The van der Waals surface area contributed by atoms with Crippen molar-refractivity contribution in [2.45, 2.75) is 16.2 Å². The van der Waals surface area contributed by atoms with E-state index in [9.17, 15) is 21.6 Å². The SMILES string of the molecule is CS(=O)(=O)c1ccccc1NC(=O)CCS(=O)(=O)c1ccccc1. The maximum Gasteiger partial charge on any atom is 0.225 e. The van der Waals surface area contributed by atoms with Crippen molar-refractivity contribution >= 4 is 31.3 Å². The van der Waals surface area contributed by atoms with Gasteiger partial charge >= 0.3 is 0 Å². The second kappa shape index (κ2) is 7.14. The zero-order chi connectivity index (χ0) is 17.8. The van der Waals surface area contributed by atoms with Gasteiger partial charge in [-0.25, -0.2) is 16.8 Å². The third-order valence-corrected chi connectivity index (χ3v) is 6.15. The highest BCUT2D eigenvalue weighted by Crippen LogP contribution is 2.21. The molecule has 0 aliphatic carbocycles. The predicted molar refractivity (Wildman–Crippen MR) is 91.3 cm³/mol. The van der Waals surface area contributed by atoms with Gasteiger partial charge in [0.2, 0.25) is 5.91 Å². The van der Waals surface area contributed by atoms with E-state index in [0.29, 0.717) is 0 Å². The second-order valence-electron chi connectivity index (χ2n) is 5.20. The standard InChI is InChI=1S/C16H17NO5S2/c1-23(19,20)15-10-6-5-9-14(15)17-16(18)11-12-24(21,22)13-7-3-2-4-8-13/h2-10H,11-12H2,1H3,(H,17,18). The normalized spacial score (nSPS) is 11.9. The fraction of sp³-hybridized carbons (Fsp3) is 0.188. The first-order valence-corrected chi connectivity index (χ1v) is 10.6. The lowest BCUT2D eigenvalue weighted by Gasteiger charge is -2.10. The van der Waals surface area contributed by atoms with E-state index in [4.69, 9.17) is 0 Å². The average Bonchev–Trinajstić information content (AvgIpc) is 2.53. The van der Waals surface area contributed by atoms with Crippen LogP contribution in [0.4, 0.5) is 5.69 Å². The lowest BCUT2D eigenvalue weighted by Crippen LogP contribution is -2.18. The minimum Gasteiger partial charge on any atom is -0.325 e. The zero-order valence-electron chi connectivity index (χ0n) is 13.0. The van der Waals surface area contributed by atoms with Crippen LogP contribution in [0.3, 0.4) is 0 Å². The Balaban J connectivity index is 2.08. The molecule has 0 spiro atoms. The minimum absolute atomic E-state index is 0.00994. The van der Waals surface area contributed by atoms with Crippen molar-refractivity contribution in [3.05, 3.63) is 54.6 Å². The van der Waals surface area contributed by atoms with Crippen molar-refractivity contribution in [1.82, 2.24) is 0 Å². The lowest BCUT2D eigenvalue weighted by molar-refractivity contribution is -0.115. The number of para-hydroxylation sites is 1. The van der Waals surface area contributed by atoms with Crippen LogP contribution in [0.2, 0.25) is 0 Å². The van der Waals surface area contributed by atoms with Crippen LogP contribution in [0.15, 0.2) is 64.4 Å². The monoisotopic (exact) mass is 367 g/mol. The first-order chi connectivity index (χ1) is 11.2. The van der Waals surface area contributed by atoms with E-state index in [1.54, 1.807) is 30.3 Å². The summed E-state index contributed by atoms with van der Waals surface area (Å²) in [6.45, 7) is 0. The van der Waals surface area contributed by atoms with Gasteiger partial charge in [0.1, 0.15) is 0 Å². The van der Waals surface area contributed by atoms with Gasteiger partial charge in [-0.05, 0) is 24.3 Å². The highest BCUT2D eigenvalue weighted by Gasteiger charge is 2.18. The van der Waals surface area contributed by atoms with Crippen molar-refractivity contribution in [1.29, 1.82) is 0 Å². The number of rotatable bonds is 6. The molecular weight excluding hydrogens is 350 g/mol. The molecule has 0 saturated heterocycles. The molecule has 6 nitrogen and oxygen atoms in total. The number of sulfone groups is 2. The topological polar surface area (TPSA) is 97.4 Å². The van der Waals surface area contributed by atoms with Crippen LogP contribution in [0.1, 0.15) is 6.42 Å². The number of benzene rings is 2. The quantitative estimate of drug-likeness (QED) is 0.841. The minimum atomic E-state index is -3.57. The fourth-order valence-corrected chi connectivity index (χ4v) is 4.18. The van der Waals surface area contributed by atoms with Crippen LogP contribution in [0, 0.1) is 0 Å². The molecule has 1 N–H and O–H groups in total. The highest BCUT2D eigenvalue weighted by atomic mass is 32.2. The Morgan fingerprint density at radius 3 is 2.12 bits per heavy atom. The molecule has 0 aliphatic rings. The fourth-order valence-electron chi connectivity index (χ4n) is 2.08. The molecule has 0 bridgehead atoms. The molecule has 0 atom stereocenters. The van der Waals surface area contributed by atoms with E-state index in [1.807, 2.05) is 0 Å². The van der Waals surface area contributed by atoms with Crippen LogP contribution in [0.25, 0.3) is 0 Å². The molecule has 2 aromatic carbocycles. The summed E-state index contributed by atoms with van der Waals surface area (Å²) >= 11 is 0. The summed E-state index contributed by atoms with van der Waals surface area (Å²) in [5.41, 5.74) is 0.141. The Kier molecular flexibility index (Phi) is 5.40. The number of anilines is 1. The van der Waals surface area contributed by atoms with Crippen LogP contribution in [0.5, 0.6) is 0 Å². The number of carbonyl (C=O) groups is 1. The molecule has 0 unspecified atom stereocenters. The zero-order valence-corrected chi connectivity index (χ0v) is 14.6. The van der Waals surface area contributed by atoms with Gasteiger partial charge in [0, 0.05) is 12.7 Å². The Labute approximate surface area is 141 Å². The molecule has 24 heavy (non-hydrogen) atoms. The lowest BCUT2D eigenvalue weighted by atomic mass is 10.3. The van der Waals surface area contributed by atoms with Crippen molar-refractivity contribution in [3.63, 3.8) is 0 Å². The number of amides is 1. The molecule has 1 amide bonds. The third kappa shape index (κ3) is 4.65. The molecular formula is C16H17NO5S2. The van der Waals surface area contributed by atoms with E-state index in [-0.39, 0.29) is 27.7 Å². The Morgan fingerprint density at radius 1 is 0.917 bits per heavy atom. The molecule has 0 saturated carbocycles. The van der Waals surface area contributed by atoms with Gasteiger partial charge < -0.3 is 5.32 Å². The predicted octanol–water partition coefficient (Wildman–Crippen LogP) is 1.89. The van der Waals surface area contributed by atoms with E-state index >= 15 is 0 Å². The number of hydrogen-bond acceptors (Lipinski definition) is 5. The highest BCUT2D eigenvalue weighted by molar-refractivity contribution is 7.91. The number of nitrogens with one attached hydrogen (secondary N) is 1. The summed E-state index contributed by atoms with van der Waals surface area (Å²) < 4.78 is 47.7. The second-order valence-corrected chi connectivity index (χ2v) is 9.29. The van der Waals surface area contributed by atoms with Crippen molar-refractivity contribution < 1.29 is 21.6 Å². The third-order valence-electron chi connectivity index (χ3n) is 3.26. The average molecular weight is 367 g/mol. The molecule has 2 aromatic rings. The van der Waals surface area contributed by atoms with Crippen molar-refractivity contribution in [3.8, 4) is 0 Å². The summed E-state index contributed by atoms with van der Waals surface area (Å²) in [5.74, 6) is -0.922. The molecule has 8 heteroatoms. The summed E-state index contributed by atoms with van der Waals surface area (Å²) in [6, 6.07) is 13.8. The summed E-state index contributed by atoms with van der Waals surface area (Å²) in [4.78, 5) is 12.1. The van der Waals surface area contributed by atoms with Crippen LogP contribution in [-0.4, -0.2) is 34.8 Å². The van der Waals surface area contributed by atoms with Gasteiger partial charge in [-0.2, -0.15) is 0 Å². The molecule has 128 valence electrons. The molecule has 0 fully saturated rings. The largest absolute Gasteiger partial charge is 0.325 e. The molecule has 0 radical (unpaired) electrons. The van der Waals surface area contributed by atoms with Gasteiger partial charge in [0.05, 0.1) is 21.2 Å². The molecule has 0 aromatic heterocycles. The van der Waals surface area contributed by atoms with Gasteiger partial charge in [0.15, 0.2) is 19.7 Å². The maximum atomic E-state index is 12.1. The van der Waals surface area contributed by atoms with Gasteiger partial charge in [-0.15, -0.1) is 0 Å². The smallest absolute Gasteiger partial charge is 0.225 e. The number of carbonyl (C=O) groups excluding carboxylic acids is 1. The van der Waals surface area contributed by atoms with Crippen LogP contribution in [-0.2, 0) is 24.5 Å². The molecule has 2 rings (SSSR count). The summed E-state index contributed by atoms with van der Waals surface area (Å²) in [5, 5.41) is 2.46. The Bertz CT molecular complexity index is 935. The van der Waals surface area contributed by atoms with Gasteiger partial charge in [-0.1, -0.05) is 30.3 Å². The van der Waals surface area contributed by atoms with Crippen molar-refractivity contribution in [2.75, 3.05) is 17.3 Å². The first-order valence-electron chi connectivity index (χ1n) is 7.07. The summed E-state index contributed by atoms with van der Waals surface area (Å²) in [6.07, 6.45) is 0.771. The summed E-state index contributed by atoms with van der Waals surface area (Å²) in [7, 11) is -7.06. The molecule has 0 heterocycles. The van der Waals surface area contributed by atoms with Gasteiger partial charge in [0.25, 0.3) is 0 Å². The van der Waals surface area contributed by atoms with E-state index in [1.165, 1.54) is 24.3 Å². The molecule has 0 aliphatic heterocycles. The van der Waals surface area contributed by atoms with Crippen LogP contribution >= 0.6 is 0 Å². The van der Waals surface area contributed by atoms with E-state index in [0.717, 1.165) is 6.26 Å². The van der Waals surface area contributed by atoms with Crippen LogP contribution < -0.4 is 5.32 Å². The maximum absolute atomic E-state index is 12.1. The first kappa shape index (κ1) is 18.2.